The van der Waals surface area contributed by atoms with Crippen LogP contribution in [0.25, 0.3) is 28.9 Å². The normalized spacial score (nSPS) is 17.2. The van der Waals surface area contributed by atoms with Crippen molar-refractivity contribution in [3.8, 4) is 19.5 Å². The van der Waals surface area contributed by atoms with Gasteiger partial charge in [0.15, 0.2) is 0 Å². The van der Waals surface area contributed by atoms with Gasteiger partial charge < -0.3 is 0 Å². The molecule has 3 unspecified atom stereocenters. The number of hydrogen-bond donors (Lipinski definition) is 0. The van der Waals surface area contributed by atoms with Gasteiger partial charge in [0.25, 0.3) is 0 Å². The standard InChI is InChI=1S/C15H10I3P3S4/c1-6-2-8(24-14(6)20-17)10-4-12-13(22-10)5-11(23-12)9-3-7(19-16)15(21-18)25-9/h2-5,19-21H,1H3/i19D,20D,21D. The summed E-state index contributed by atoms with van der Waals surface area (Å²) in [7, 11) is 0. The van der Waals surface area contributed by atoms with Gasteiger partial charge in [0.05, 0.1) is 3.84 Å². The van der Waals surface area contributed by atoms with Crippen LogP contribution in [0.4, 0.5) is 0 Å². The van der Waals surface area contributed by atoms with E-state index in [1.165, 1.54) is 39.1 Å². The summed E-state index contributed by atoms with van der Waals surface area (Å²) in [5.41, 5.74) is 1.24. The maximum absolute atomic E-state index is 8.16. The third-order valence-corrected chi connectivity index (χ3v) is 17.5. The van der Waals surface area contributed by atoms with Gasteiger partial charge in [0, 0.05) is 43.4 Å². The molecular formula is C15H10I3P3S4. The van der Waals surface area contributed by atoms with E-state index in [0.717, 1.165) is 9.92 Å². The van der Waals surface area contributed by atoms with Crippen molar-refractivity contribution in [1.82, 2.24) is 0 Å². The largest absolute Gasteiger partial charge is 0.134 e. The zero-order valence-electron chi connectivity index (χ0n) is 15.4. The fraction of sp³-hybridized carbons (Fsp3) is 0.0667. The highest BCUT2D eigenvalue weighted by Gasteiger charge is 2.15. The molecule has 0 amide bonds. The molecule has 4 rings (SSSR count). The third kappa shape index (κ3) is 4.36. The average Bonchev–Trinajstić information content (AvgIpc) is 3.34. The van der Waals surface area contributed by atoms with Crippen molar-refractivity contribution < 1.29 is 0 Å². The van der Waals surface area contributed by atoms with Crippen molar-refractivity contribution in [3.05, 3.63) is 29.8 Å². The minimum absolute atomic E-state index is 0.827. The molecule has 0 N–H and O–H groups in total. The van der Waals surface area contributed by atoms with E-state index in [1.54, 1.807) is 34.0 Å². The molecule has 10 heteroatoms. The average molecular weight is 795 g/mol. The van der Waals surface area contributed by atoms with E-state index < -0.39 is 18.5 Å². The van der Waals surface area contributed by atoms with E-state index in [2.05, 4.69) is 97.3 Å². The Morgan fingerprint density at radius 3 is 1.72 bits per heavy atom. The van der Waals surface area contributed by atoms with Gasteiger partial charge in [0.2, 0.25) is 0 Å². The second-order valence-corrected chi connectivity index (χ2v) is 16.2. The summed E-state index contributed by atoms with van der Waals surface area (Å²) in [6.45, 7) is 2.11. The zero-order valence-corrected chi connectivity index (χ0v) is 24.8. The SMILES string of the molecule is [2H]P(I)c1cc(-c2cc3sc(-c4cc(C)c(P([2H])I)s4)cc3s2)sc1P([2H])I. The molecule has 0 aliphatic carbocycles. The fourth-order valence-corrected chi connectivity index (χ4v) is 15.2. The highest BCUT2D eigenvalue weighted by molar-refractivity contribution is 14.2. The van der Waals surface area contributed by atoms with Gasteiger partial charge in [-0.25, -0.2) is 0 Å². The molecule has 0 radical (unpaired) electrons. The van der Waals surface area contributed by atoms with Crippen LogP contribution < -0.4 is 14.5 Å². The summed E-state index contributed by atoms with van der Waals surface area (Å²) in [6.07, 6.45) is -2.73. The third-order valence-electron chi connectivity index (χ3n) is 3.52. The molecule has 0 saturated carbocycles. The van der Waals surface area contributed by atoms with Crippen molar-refractivity contribution in [2.24, 2.45) is 0 Å². The molecule has 0 aromatic carbocycles. The number of halogens is 3. The van der Waals surface area contributed by atoms with E-state index in [4.69, 9.17) is 3.84 Å². The summed E-state index contributed by atoms with van der Waals surface area (Å²) < 4.78 is 29.3. The minimum Gasteiger partial charge on any atom is -0.134 e. The maximum Gasteiger partial charge on any atom is 0.0748 e. The van der Waals surface area contributed by atoms with Crippen LogP contribution in [0.1, 0.15) is 5.56 Å². The number of hydrogen-bond acceptors (Lipinski definition) is 4. The number of aryl methyl sites for hydroxylation is 1. The lowest BCUT2D eigenvalue weighted by atomic mass is 10.3. The smallest absolute Gasteiger partial charge is 0.0748 e. The monoisotopic (exact) mass is 795 g/mol. The molecule has 0 spiro atoms. The van der Waals surface area contributed by atoms with Gasteiger partial charge in [-0.3, -0.25) is 0 Å². The van der Waals surface area contributed by atoms with Crippen LogP contribution in [0.2, 0.25) is 0 Å². The summed E-state index contributed by atoms with van der Waals surface area (Å²) in [6, 6.07) is 8.92. The maximum atomic E-state index is 8.16. The summed E-state index contributed by atoms with van der Waals surface area (Å²) in [4.78, 5) is 5.01. The van der Waals surface area contributed by atoms with Crippen LogP contribution >= 0.6 is 130 Å². The minimum atomic E-state index is -0.956. The Balaban J connectivity index is 1.70. The second kappa shape index (κ2) is 9.13. The topological polar surface area (TPSA) is 0 Å². The Bertz CT molecular complexity index is 1090. The van der Waals surface area contributed by atoms with Gasteiger partial charge in [-0.1, -0.05) is 66.1 Å². The van der Waals surface area contributed by atoms with Crippen LogP contribution in [0.3, 0.4) is 0 Å². The lowest BCUT2D eigenvalue weighted by Gasteiger charge is -1.90. The summed E-state index contributed by atoms with van der Waals surface area (Å²) in [5.74, 6) is 0. The summed E-state index contributed by atoms with van der Waals surface area (Å²) >= 11 is 13.7. The molecule has 4 heterocycles. The Morgan fingerprint density at radius 1 is 0.720 bits per heavy atom. The predicted molar refractivity (Wildman–Crippen MR) is 157 cm³/mol. The van der Waals surface area contributed by atoms with Gasteiger partial charge in [-0.2, -0.15) is 0 Å². The molecular weight excluding hydrogens is 782 g/mol. The van der Waals surface area contributed by atoms with Gasteiger partial charge in [-0.05, 0) is 55.3 Å². The van der Waals surface area contributed by atoms with E-state index >= 15 is 0 Å². The first-order chi connectivity index (χ1) is 13.2. The quantitative estimate of drug-likeness (QED) is 0.140. The Labute approximate surface area is 211 Å². The molecule has 130 valence electrons. The van der Waals surface area contributed by atoms with Gasteiger partial charge in [0.1, 0.15) is 0 Å². The Morgan fingerprint density at radius 2 is 1.24 bits per heavy atom. The second-order valence-electron chi connectivity index (χ2n) is 5.10. The molecule has 25 heavy (non-hydrogen) atoms. The molecule has 0 bridgehead atoms. The van der Waals surface area contributed by atoms with Crippen molar-refractivity contribution in [2.45, 2.75) is 6.92 Å². The van der Waals surface area contributed by atoms with Crippen molar-refractivity contribution in [1.29, 1.82) is 3.84 Å². The lowest BCUT2D eigenvalue weighted by molar-refractivity contribution is 1.59. The van der Waals surface area contributed by atoms with Crippen LogP contribution in [0.15, 0.2) is 24.3 Å². The number of rotatable bonds is 5. The first-order valence-corrected chi connectivity index (χ1v) is 21.2. The van der Waals surface area contributed by atoms with Gasteiger partial charge >= 0.3 is 0 Å². The Kier molecular flexibility index (Phi) is 6.30. The lowest BCUT2D eigenvalue weighted by Crippen LogP contribution is -2.03. The molecule has 0 nitrogen and oxygen atoms in total. The van der Waals surface area contributed by atoms with E-state index in [0.29, 0.717) is 0 Å². The van der Waals surface area contributed by atoms with Crippen LogP contribution in [-0.4, -0.2) is 3.84 Å². The van der Waals surface area contributed by atoms with E-state index in [-0.39, 0.29) is 0 Å². The molecule has 0 fully saturated rings. The fourth-order valence-electron chi connectivity index (χ4n) is 2.37. The molecule has 0 aliphatic heterocycles. The highest BCUT2D eigenvalue weighted by atomic mass is 127. The Hall–Kier alpha value is 2.54. The van der Waals surface area contributed by atoms with Crippen LogP contribution in [0.5, 0.6) is 0 Å². The van der Waals surface area contributed by atoms with E-state index in [9.17, 15) is 0 Å². The van der Waals surface area contributed by atoms with Gasteiger partial charge in [-0.15, -0.1) is 45.3 Å². The molecule has 4 aromatic heterocycles. The molecule has 4 aromatic rings. The van der Waals surface area contributed by atoms with Crippen molar-refractivity contribution in [2.75, 3.05) is 0 Å². The summed E-state index contributed by atoms with van der Waals surface area (Å²) in [5, 5.41) is 1.07. The first-order valence-electron chi connectivity index (χ1n) is 8.21. The van der Waals surface area contributed by atoms with Crippen molar-refractivity contribution in [3.63, 3.8) is 0 Å². The number of thiophene rings is 4. The highest BCUT2D eigenvalue weighted by Crippen LogP contribution is 2.45. The molecule has 0 saturated heterocycles. The molecule has 3 atom stereocenters. The van der Waals surface area contributed by atoms with Crippen LogP contribution in [0, 0.1) is 6.92 Å². The predicted octanol–water partition coefficient (Wildman–Crippen LogP) is 8.69. The number of fused-ring (bicyclic) bond motifs is 1. The molecule has 0 aliphatic rings. The van der Waals surface area contributed by atoms with Crippen molar-refractivity contribution >= 4 is 154 Å². The zero-order chi connectivity index (χ0) is 20.2. The first kappa shape index (κ1) is 17.2. The van der Waals surface area contributed by atoms with Crippen LogP contribution in [-0.2, 0) is 0 Å². The van der Waals surface area contributed by atoms with E-state index in [1.807, 2.05) is 11.3 Å².